The van der Waals surface area contributed by atoms with Crippen molar-refractivity contribution in [3.05, 3.63) is 51.6 Å². The van der Waals surface area contributed by atoms with E-state index in [1.165, 1.54) is 12.3 Å². The first-order chi connectivity index (χ1) is 9.79. The Bertz CT molecular complexity index is 664. The number of furan rings is 1. The molecule has 2 aromatic rings. The number of anilines is 1. The molecule has 2 aromatic heterocycles. The zero-order chi connectivity index (χ0) is 15.6. The van der Waals surface area contributed by atoms with E-state index in [0.29, 0.717) is 17.1 Å². The van der Waals surface area contributed by atoms with Crippen molar-refractivity contribution in [2.24, 2.45) is 0 Å². The summed E-state index contributed by atoms with van der Waals surface area (Å²) in [5, 5.41) is 24.0. The average Bonchev–Trinajstić information content (AvgIpc) is 2.84. The van der Waals surface area contributed by atoms with Crippen LogP contribution in [0.5, 0.6) is 0 Å². The summed E-state index contributed by atoms with van der Waals surface area (Å²) in [6.07, 6.45) is 1.18. The Morgan fingerprint density at radius 3 is 2.71 bits per heavy atom. The van der Waals surface area contributed by atoms with Gasteiger partial charge in [0.05, 0.1) is 11.5 Å². The van der Waals surface area contributed by atoms with Crippen molar-refractivity contribution < 1.29 is 14.4 Å². The summed E-state index contributed by atoms with van der Waals surface area (Å²) in [7, 11) is 0. The summed E-state index contributed by atoms with van der Waals surface area (Å²) in [5.41, 5.74) is -0.633. The number of nitrogens with one attached hydrogen (secondary N) is 1. The van der Waals surface area contributed by atoms with E-state index in [-0.39, 0.29) is 12.2 Å². The standard InChI is InChI=1S/C14H17N3O4/c1-9-6-11(17(19)20)7-15-13(9)16-8-14(3,18)12-5-4-10(2)21-12/h4-7,18H,8H2,1-3H3,(H,15,16). The Labute approximate surface area is 121 Å². The van der Waals surface area contributed by atoms with Crippen LogP contribution in [0.3, 0.4) is 0 Å². The van der Waals surface area contributed by atoms with Gasteiger partial charge in [-0.15, -0.1) is 0 Å². The maximum atomic E-state index is 10.7. The Morgan fingerprint density at radius 1 is 1.48 bits per heavy atom. The number of hydrogen-bond acceptors (Lipinski definition) is 6. The minimum Gasteiger partial charge on any atom is -0.463 e. The van der Waals surface area contributed by atoms with Gasteiger partial charge in [-0.1, -0.05) is 0 Å². The van der Waals surface area contributed by atoms with Crippen molar-refractivity contribution in [1.82, 2.24) is 4.98 Å². The minimum absolute atomic E-state index is 0.0635. The molecule has 2 rings (SSSR count). The van der Waals surface area contributed by atoms with E-state index in [1.54, 1.807) is 32.9 Å². The van der Waals surface area contributed by atoms with Crippen molar-refractivity contribution in [1.29, 1.82) is 0 Å². The number of nitrogens with zero attached hydrogens (tertiary/aromatic N) is 2. The zero-order valence-electron chi connectivity index (χ0n) is 12.1. The van der Waals surface area contributed by atoms with Crippen LogP contribution in [-0.2, 0) is 5.60 Å². The predicted octanol–water partition coefficient (Wildman–Crippen LogP) is 2.52. The number of pyridine rings is 1. The normalized spacial score (nSPS) is 13.7. The second kappa shape index (κ2) is 5.53. The highest BCUT2D eigenvalue weighted by molar-refractivity contribution is 5.48. The van der Waals surface area contributed by atoms with Gasteiger partial charge in [-0.25, -0.2) is 4.98 Å². The maximum Gasteiger partial charge on any atom is 0.287 e. The third-order valence-electron chi connectivity index (χ3n) is 3.15. The van der Waals surface area contributed by atoms with Crippen LogP contribution in [0, 0.1) is 24.0 Å². The summed E-state index contributed by atoms with van der Waals surface area (Å²) < 4.78 is 5.42. The highest BCUT2D eigenvalue weighted by Crippen LogP contribution is 2.24. The fourth-order valence-electron chi connectivity index (χ4n) is 1.91. The van der Waals surface area contributed by atoms with Crippen LogP contribution in [0.1, 0.15) is 24.0 Å². The molecule has 7 heteroatoms. The molecule has 0 aliphatic rings. The van der Waals surface area contributed by atoms with Crippen LogP contribution >= 0.6 is 0 Å². The highest BCUT2D eigenvalue weighted by Gasteiger charge is 2.27. The van der Waals surface area contributed by atoms with Gasteiger partial charge in [0.1, 0.15) is 29.1 Å². The Balaban J connectivity index is 2.10. The third kappa shape index (κ3) is 3.38. The summed E-state index contributed by atoms with van der Waals surface area (Å²) in [4.78, 5) is 14.2. The van der Waals surface area contributed by atoms with Crippen LogP contribution in [0.2, 0.25) is 0 Å². The van der Waals surface area contributed by atoms with E-state index in [4.69, 9.17) is 4.42 Å². The van der Waals surface area contributed by atoms with E-state index in [0.717, 1.165) is 5.76 Å². The molecule has 112 valence electrons. The molecule has 0 spiro atoms. The van der Waals surface area contributed by atoms with Gasteiger partial charge in [0, 0.05) is 6.07 Å². The first-order valence-corrected chi connectivity index (χ1v) is 6.44. The van der Waals surface area contributed by atoms with Gasteiger partial charge in [-0.2, -0.15) is 0 Å². The van der Waals surface area contributed by atoms with Crippen LogP contribution in [-0.4, -0.2) is 21.6 Å². The third-order valence-corrected chi connectivity index (χ3v) is 3.15. The SMILES string of the molecule is Cc1ccc(C(C)(O)CNc2ncc([N+](=O)[O-])cc2C)o1. The Hall–Kier alpha value is -2.41. The van der Waals surface area contributed by atoms with Crippen molar-refractivity contribution in [2.45, 2.75) is 26.4 Å². The second-order valence-corrected chi connectivity index (χ2v) is 5.15. The summed E-state index contributed by atoms with van der Waals surface area (Å²) >= 11 is 0. The lowest BCUT2D eigenvalue weighted by atomic mass is 10.0. The average molecular weight is 291 g/mol. The van der Waals surface area contributed by atoms with Gasteiger partial charge in [-0.05, 0) is 38.5 Å². The lowest BCUT2D eigenvalue weighted by Crippen LogP contribution is -2.30. The molecule has 1 unspecified atom stereocenters. The molecule has 21 heavy (non-hydrogen) atoms. The van der Waals surface area contributed by atoms with Crippen LogP contribution in [0.15, 0.2) is 28.8 Å². The number of aliphatic hydroxyl groups is 1. The summed E-state index contributed by atoms with van der Waals surface area (Å²) in [5.74, 6) is 1.66. The van der Waals surface area contributed by atoms with Gasteiger partial charge in [-0.3, -0.25) is 10.1 Å². The van der Waals surface area contributed by atoms with Crippen molar-refractivity contribution in [3.8, 4) is 0 Å². The van der Waals surface area contributed by atoms with Crippen LogP contribution in [0.4, 0.5) is 11.5 Å². The second-order valence-electron chi connectivity index (χ2n) is 5.15. The molecule has 0 radical (unpaired) electrons. The molecule has 0 saturated carbocycles. The zero-order valence-corrected chi connectivity index (χ0v) is 12.1. The van der Waals surface area contributed by atoms with Crippen LogP contribution < -0.4 is 5.32 Å². The molecule has 0 aliphatic heterocycles. The van der Waals surface area contributed by atoms with E-state index in [1.807, 2.05) is 0 Å². The maximum absolute atomic E-state index is 10.7. The smallest absolute Gasteiger partial charge is 0.287 e. The first kappa shape index (κ1) is 15.0. The number of aryl methyl sites for hydroxylation is 2. The van der Waals surface area contributed by atoms with Crippen molar-refractivity contribution in [3.63, 3.8) is 0 Å². The first-order valence-electron chi connectivity index (χ1n) is 6.44. The van der Waals surface area contributed by atoms with E-state index in [9.17, 15) is 15.2 Å². The molecule has 2 heterocycles. The molecular formula is C14H17N3O4. The largest absolute Gasteiger partial charge is 0.463 e. The molecule has 0 aliphatic carbocycles. The fourth-order valence-corrected chi connectivity index (χ4v) is 1.91. The van der Waals surface area contributed by atoms with E-state index >= 15 is 0 Å². The van der Waals surface area contributed by atoms with Gasteiger partial charge in [0.2, 0.25) is 0 Å². The molecule has 0 fully saturated rings. The Morgan fingerprint density at radius 2 is 2.19 bits per heavy atom. The molecular weight excluding hydrogens is 274 g/mol. The lowest BCUT2D eigenvalue weighted by molar-refractivity contribution is -0.385. The predicted molar refractivity (Wildman–Crippen MR) is 77.1 cm³/mol. The van der Waals surface area contributed by atoms with Crippen molar-refractivity contribution in [2.75, 3.05) is 11.9 Å². The van der Waals surface area contributed by atoms with Crippen LogP contribution in [0.25, 0.3) is 0 Å². The summed E-state index contributed by atoms with van der Waals surface area (Å²) in [6.45, 7) is 5.31. The topological polar surface area (TPSA) is 101 Å². The number of hydrogen-bond donors (Lipinski definition) is 2. The molecule has 1 atom stereocenters. The molecule has 7 nitrogen and oxygen atoms in total. The van der Waals surface area contributed by atoms with Gasteiger partial charge in [0.25, 0.3) is 5.69 Å². The molecule has 2 N–H and O–H groups in total. The van der Waals surface area contributed by atoms with Crippen molar-refractivity contribution >= 4 is 11.5 Å². The van der Waals surface area contributed by atoms with E-state index in [2.05, 4.69) is 10.3 Å². The van der Waals surface area contributed by atoms with E-state index < -0.39 is 10.5 Å². The number of aromatic nitrogens is 1. The summed E-state index contributed by atoms with van der Waals surface area (Å²) in [6, 6.07) is 4.92. The van der Waals surface area contributed by atoms with Gasteiger partial charge >= 0.3 is 0 Å². The highest BCUT2D eigenvalue weighted by atomic mass is 16.6. The monoisotopic (exact) mass is 291 g/mol. The van der Waals surface area contributed by atoms with Gasteiger partial charge in [0.15, 0.2) is 0 Å². The number of rotatable bonds is 5. The number of nitro groups is 1. The van der Waals surface area contributed by atoms with Gasteiger partial charge < -0.3 is 14.8 Å². The molecule has 0 amide bonds. The molecule has 0 bridgehead atoms. The fraction of sp³-hybridized carbons (Fsp3) is 0.357. The Kier molecular flexibility index (Phi) is 3.95. The lowest BCUT2D eigenvalue weighted by Gasteiger charge is -2.22. The molecule has 0 saturated heterocycles. The minimum atomic E-state index is -1.20. The quantitative estimate of drug-likeness (QED) is 0.648. The molecule has 0 aromatic carbocycles.